The molecule has 2 rings (SSSR count). The highest BCUT2D eigenvalue weighted by Gasteiger charge is 2.39. The van der Waals surface area contributed by atoms with Crippen LogP contribution in [0.4, 0.5) is 10.1 Å². The molecule has 0 spiro atoms. The predicted molar refractivity (Wildman–Crippen MR) is 77.3 cm³/mol. The van der Waals surface area contributed by atoms with Crippen LogP contribution in [0.2, 0.25) is 0 Å². The molecule has 1 fully saturated rings. The van der Waals surface area contributed by atoms with Gasteiger partial charge in [-0.05, 0) is 49.4 Å². The SMILES string of the molecule is CCC1CCCC(Nc2ccc(F)cc2)(C(=O)O)CC1. The van der Waals surface area contributed by atoms with E-state index in [-0.39, 0.29) is 5.82 Å². The molecule has 0 saturated heterocycles. The van der Waals surface area contributed by atoms with E-state index < -0.39 is 11.5 Å². The fraction of sp³-hybridized carbons (Fsp3) is 0.562. The van der Waals surface area contributed by atoms with E-state index in [9.17, 15) is 14.3 Å². The van der Waals surface area contributed by atoms with Gasteiger partial charge in [-0.2, -0.15) is 0 Å². The molecule has 2 N–H and O–H groups in total. The number of carboxylic acid groups (broad SMARTS) is 1. The van der Waals surface area contributed by atoms with Crippen molar-refractivity contribution in [1.82, 2.24) is 0 Å². The molecule has 4 heteroatoms. The summed E-state index contributed by atoms with van der Waals surface area (Å²) in [6.45, 7) is 2.16. The number of hydrogen-bond acceptors (Lipinski definition) is 2. The zero-order valence-corrected chi connectivity index (χ0v) is 11.9. The topological polar surface area (TPSA) is 49.3 Å². The Morgan fingerprint density at radius 3 is 2.65 bits per heavy atom. The molecule has 110 valence electrons. The molecule has 0 bridgehead atoms. The summed E-state index contributed by atoms with van der Waals surface area (Å²) in [5.74, 6) is -0.503. The molecule has 1 aliphatic rings. The molecule has 2 unspecified atom stereocenters. The third-order valence-electron chi connectivity index (χ3n) is 4.41. The predicted octanol–water partition coefficient (Wildman–Crippen LogP) is 4.05. The quantitative estimate of drug-likeness (QED) is 0.817. The minimum atomic E-state index is -0.915. The maximum atomic E-state index is 12.9. The summed E-state index contributed by atoms with van der Waals surface area (Å²) in [4.78, 5) is 11.8. The molecule has 1 aromatic rings. The Labute approximate surface area is 119 Å². The summed E-state index contributed by atoms with van der Waals surface area (Å²) in [5, 5.41) is 12.8. The first-order chi connectivity index (χ1) is 9.55. The number of carboxylic acids is 1. The second-order valence-corrected chi connectivity index (χ2v) is 5.72. The lowest BCUT2D eigenvalue weighted by Crippen LogP contribution is -2.46. The molecule has 3 nitrogen and oxygen atoms in total. The van der Waals surface area contributed by atoms with Gasteiger partial charge in [-0.25, -0.2) is 9.18 Å². The standard InChI is InChI=1S/C16H22FNO2/c1-2-12-4-3-10-16(11-9-12,15(19)20)18-14-7-5-13(17)6-8-14/h5-8,12,18H,2-4,9-11H2,1H3,(H,19,20). The second kappa shape index (κ2) is 6.25. The average Bonchev–Trinajstić information content (AvgIpc) is 2.65. The third-order valence-corrected chi connectivity index (χ3v) is 4.41. The highest BCUT2D eigenvalue weighted by atomic mass is 19.1. The summed E-state index contributed by atoms with van der Waals surface area (Å²) in [6.07, 6.45) is 5.29. The van der Waals surface area contributed by atoms with Crippen molar-refractivity contribution in [3.63, 3.8) is 0 Å². The highest BCUT2D eigenvalue weighted by Crippen LogP contribution is 2.34. The molecule has 1 aromatic carbocycles. The maximum Gasteiger partial charge on any atom is 0.329 e. The Kier molecular flexibility index (Phi) is 4.63. The van der Waals surface area contributed by atoms with Crippen LogP contribution in [0.25, 0.3) is 0 Å². The van der Waals surface area contributed by atoms with Crippen molar-refractivity contribution in [3.05, 3.63) is 30.1 Å². The molecule has 0 amide bonds. The molecule has 20 heavy (non-hydrogen) atoms. The largest absolute Gasteiger partial charge is 0.480 e. The van der Waals surface area contributed by atoms with Crippen LogP contribution in [0.1, 0.15) is 45.4 Å². The van der Waals surface area contributed by atoms with Gasteiger partial charge in [0, 0.05) is 5.69 Å². The van der Waals surface area contributed by atoms with Crippen LogP contribution in [-0.2, 0) is 4.79 Å². The van der Waals surface area contributed by atoms with E-state index in [1.807, 2.05) is 0 Å². The molecule has 0 aliphatic heterocycles. The van der Waals surface area contributed by atoms with Gasteiger partial charge in [0.2, 0.25) is 0 Å². The first-order valence-corrected chi connectivity index (χ1v) is 7.33. The highest BCUT2D eigenvalue weighted by molar-refractivity contribution is 5.82. The van der Waals surface area contributed by atoms with Crippen LogP contribution >= 0.6 is 0 Å². The van der Waals surface area contributed by atoms with E-state index in [1.54, 1.807) is 12.1 Å². The summed E-state index contributed by atoms with van der Waals surface area (Å²) < 4.78 is 12.9. The van der Waals surface area contributed by atoms with Crippen LogP contribution in [0.3, 0.4) is 0 Å². The minimum absolute atomic E-state index is 0.313. The molecule has 0 aromatic heterocycles. The zero-order chi connectivity index (χ0) is 14.6. The summed E-state index contributed by atoms with van der Waals surface area (Å²) in [7, 11) is 0. The number of anilines is 1. The molecular formula is C16H22FNO2. The average molecular weight is 279 g/mol. The second-order valence-electron chi connectivity index (χ2n) is 5.72. The van der Waals surface area contributed by atoms with Gasteiger partial charge in [-0.1, -0.05) is 26.2 Å². The van der Waals surface area contributed by atoms with Crippen molar-refractivity contribution < 1.29 is 14.3 Å². The molecule has 0 heterocycles. The van der Waals surface area contributed by atoms with Crippen LogP contribution in [0.15, 0.2) is 24.3 Å². The number of rotatable bonds is 4. The number of halogens is 1. The Morgan fingerprint density at radius 2 is 2.05 bits per heavy atom. The van der Waals surface area contributed by atoms with Crippen molar-refractivity contribution in [2.75, 3.05) is 5.32 Å². The van der Waals surface area contributed by atoms with Crippen molar-refractivity contribution in [1.29, 1.82) is 0 Å². The zero-order valence-electron chi connectivity index (χ0n) is 11.9. The molecular weight excluding hydrogens is 257 g/mol. The number of nitrogens with one attached hydrogen (secondary N) is 1. The van der Waals surface area contributed by atoms with E-state index in [1.165, 1.54) is 12.1 Å². The monoisotopic (exact) mass is 279 g/mol. The number of benzene rings is 1. The van der Waals surface area contributed by atoms with Crippen molar-refractivity contribution >= 4 is 11.7 Å². The Morgan fingerprint density at radius 1 is 1.35 bits per heavy atom. The fourth-order valence-corrected chi connectivity index (χ4v) is 3.02. The minimum Gasteiger partial charge on any atom is -0.480 e. The van der Waals surface area contributed by atoms with Crippen LogP contribution in [0, 0.1) is 11.7 Å². The fourth-order valence-electron chi connectivity index (χ4n) is 3.02. The van der Waals surface area contributed by atoms with Crippen molar-refractivity contribution in [3.8, 4) is 0 Å². The van der Waals surface area contributed by atoms with Gasteiger partial charge in [-0.15, -0.1) is 0 Å². The molecule has 1 saturated carbocycles. The van der Waals surface area contributed by atoms with Gasteiger partial charge in [-0.3, -0.25) is 0 Å². The first-order valence-electron chi connectivity index (χ1n) is 7.33. The molecule has 1 aliphatic carbocycles. The number of hydrogen-bond donors (Lipinski definition) is 2. The lowest BCUT2D eigenvalue weighted by molar-refractivity contribution is -0.142. The normalized spacial score (nSPS) is 26.8. The van der Waals surface area contributed by atoms with Gasteiger partial charge >= 0.3 is 5.97 Å². The van der Waals surface area contributed by atoms with E-state index >= 15 is 0 Å². The van der Waals surface area contributed by atoms with Gasteiger partial charge in [0.05, 0.1) is 0 Å². The van der Waals surface area contributed by atoms with Gasteiger partial charge in [0.25, 0.3) is 0 Å². The van der Waals surface area contributed by atoms with Crippen LogP contribution in [-0.4, -0.2) is 16.6 Å². The lowest BCUT2D eigenvalue weighted by atomic mass is 9.89. The van der Waals surface area contributed by atoms with Gasteiger partial charge < -0.3 is 10.4 Å². The Bertz CT molecular complexity index is 460. The number of carbonyl (C=O) groups is 1. The Balaban J connectivity index is 2.17. The van der Waals surface area contributed by atoms with Gasteiger partial charge in [0.1, 0.15) is 11.4 Å². The van der Waals surface area contributed by atoms with Gasteiger partial charge in [0.15, 0.2) is 0 Å². The van der Waals surface area contributed by atoms with E-state index in [2.05, 4.69) is 12.2 Å². The molecule has 2 atom stereocenters. The summed E-state index contributed by atoms with van der Waals surface area (Å²) in [5.41, 5.74) is -0.245. The smallest absolute Gasteiger partial charge is 0.329 e. The van der Waals surface area contributed by atoms with Crippen LogP contribution < -0.4 is 5.32 Å². The first kappa shape index (κ1) is 14.8. The van der Waals surface area contributed by atoms with E-state index in [0.29, 0.717) is 24.4 Å². The maximum absolute atomic E-state index is 12.9. The summed E-state index contributed by atoms with van der Waals surface area (Å²) in [6, 6.07) is 5.90. The van der Waals surface area contributed by atoms with Crippen molar-refractivity contribution in [2.45, 2.75) is 51.0 Å². The van der Waals surface area contributed by atoms with E-state index in [0.717, 1.165) is 25.7 Å². The third kappa shape index (κ3) is 3.30. The number of aliphatic carboxylic acids is 1. The van der Waals surface area contributed by atoms with Crippen LogP contribution in [0.5, 0.6) is 0 Å². The van der Waals surface area contributed by atoms with E-state index in [4.69, 9.17) is 0 Å². The van der Waals surface area contributed by atoms with Crippen molar-refractivity contribution in [2.24, 2.45) is 5.92 Å². The lowest BCUT2D eigenvalue weighted by Gasteiger charge is -2.30. The Hall–Kier alpha value is -1.58. The summed E-state index contributed by atoms with van der Waals surface area (Å²) >= 11 is 0. The molecule has 0 radical (unpaired) electrons.